The summed E-state index contributed by atoms with van der Waals surface area (Å²) in [6.07, 6.45) is 15.2. The van der Waals surface area contributed by atoms with Crippen molar-refractivity contribution in [3.05, 3.63) is 18.1 Å². The Morgan fingerprint density at radius 2 is 2.00 bits per heavy atom. The van der Waals surface area contributed by atoms with Crippen LogP contribution in [0.15, 0.2) is 12.4 Å². The van der Waals surface area contributed by atoms with Crippen LogP contribution >= 0.6 is 0 Å². The molecule has 162 valence electrons. The van der Waals surface area contributed by atoms with E-state index in [0.717, 1.165) is 25.8 Å². The van der Waals surface area contributed by atoms with Crippen LogP contribution in [-0.2, 0) is 10.4 Å². The number of carbonyl (C=O) groups is 1. The van der Waals surface area contributed by atoms with Crippen molar-refractivity contribution in [2.24, 2.45) is 17.3 Å². The van der Waals surface area contributed by atoms with Gasteiger partial charge in [-0.3, -0.25) is 14.7 Å². The number of nitrogens with zero attached hydrogens (tertiary/aromatic N) is 3. The zero-order valence-corrected chi connectivity index (χ0v) is 18.8. The first-order chi connectivity index (χ1) is 13.7. The van der Waals surface area contributed by atoms with Gasteiger partial charge >= 0.3 is 0 Å². The molecule has 0 aliphatic heterocycles. The largest absolute Gasteiger partial charge is 0.384 e. The minimum atomic E-state index is -1.03. The van der Waals surface area contributed by atoms with E-state index in [-0.39, 0.29) is 11.8 Å². The Bertz CT molecular complexity index is 678. The predicted octanol–water partition coefficient (Wildman–Crippen LogP) is 5.22. The topological polar surface area (TPSA) is 66.3 Å². The molecule has 0 aromatic carbocycles. The molecule has 2 aliphatic rings. The number of aliphatic hydroxyl groups is 1. The molecular weight excluding hydrogens is 362 g/mol. The van der Waals surface area contributed by atoms with E-state index < -0.39 is 5.60 Å². The summed E-state index contributed by atoms with van der Waals surface area (Å²) >= 11 is 0. The lowest BCUT2D eigenvalue weighted by molar-refractivity contribution is -0.125. The third-order valence-corrected chi connectivity index (χ3v) is 7.01. The second-order valence-corrected chi connectivity index (χ2v) is 10.3. The molecule has 2 aliphatic carbocycles. The fraction of sp³-hybridized carbons (Fsp3) is 0.792. The molecule has 0 spiro atoms. The van der Waals surface area contributed by atoms with Crippen LogP contribution in [-0.4, -0.2) is 27.5 Å². The molecule has 1 unspecified atom stereocenters. The van der Waals surface area contributed by atoms with Crippen LogP contribution in [0.4, 0.5) is 5.82 Å². The second kappa shape index (κ2) is 9.11. The van der Waals surface area contributed by atoms with E-state index in [9.17, 15) is 9.90 Å². The molecule has 5 heteroatoms. The van der Waals surface area contributed by atoms with Gasteiger partial charge in [-0.2, -0.15) is 0 Å². The van der Waals surface area contributed by atoms with Crippen LogP contribution in [0.2, 0.25) is 0 Å². The van der Waals surface area contributed by atoms with E-state index in [2.05, 4.69) is 23.8 Å². The number of unbranched alkanes of at least 4 members (excludes halogenated alkanes) is 1. The summed E-state index contributed by atoms with van der Waals surface area (Å²) in [6, 6.07) is 0. The average Bonchev–Trinajstić information content (AvgIpc) is 2.62. The molecule has 1 aromatic rings. The van der Waals surface area contributed by atoms with Crippen molar-refractivity contribution in [3.63, 3.8) is 0 Å². The molecule has 3 rings (SSSR count). The van der Waals surface area contributed by atoms with E-state index in [1.807, 2.05) is 4.90 Å². The van der Waals surface area contributed by atoms with Crippen molar-refractivity contribution in [2.75, 3.05) is 11.4 Å². The summed E-state index contributed by atoms with van der Waals surface area (Å²) in [5, 5.41) is 10.2. The highest BCUT2D eigenvalue weighted by Gasteiger charge is 2.36. The van der Waals surface area contributed by atoms with Crippen molar-refractivity contribution >= 4 is 11.7 Å². The van der Waals surface area contributed by atoms with Crippen LogP contribution < -0.4 is 4.90 Å². The van der Waals surface area contributed by atoms with Crippen LogP contribution in [0, 0.1) is 17.3 Å². The second-order valence-electron chi connectivity index (χ2n) is 10.3. The highest BCUT2D eigenvalue weighted by Crippen LogP contribution is 2.43. The van der Waals surface area contributed by atoms with Gasteiger partial charge in [0.1, 0.15) is 5.60 Å². The third-order valence-electron chi connectivity index (χ3n) is 7.01. The fourth-order valence-electron chi connectivity index (χ4n) is 4.91. The Labute approximate surface area is 176 Å². The standard InChI is InChI=1S/C24H39N3O2/c1-5-6-12-24(4)13-8-9-18(14-24)17-27(22(28)19-10-7-11-19)21-16-25-20(15-26-21)23(2,3)29/h15-16,18-19,29H,5-14,17H2,1-4H3/t18?,24-/m0/s1. The quantitative estimate of drug-likeness (QED) is 0.648. The first kappa shape index (κ1) is 22.2. The minimum absolute atomic E-state index is 0.140. The maximum Gasteiger partial charge on any atom is 0.231 e. The van der Waals surface area contributed by atoms with Crippen molar-refractivity contribution in [1.82, 2.24) is 9.97 Å². The first-order valence-electron chi connectivity index (χ1n) is 11.6. The number of amides is 1. The molecular formula is C24H39N3O2. The molecule has 29 heavy (non-hydrogen) atoms. The van der Waals surface area contributed by atoms with Gasteiger partial charge in [-0.1, -0.05) is 39.5 Å². The van der Waals surface area contributed by atoms with Crippen molar-refractivity contribution < 1.29 is 9.90 Å². The van der Waals surface area contributed by atoms with Crippen LogP contribution in [0.25, 0.3) is 0 Å². The summed E-state index contributed by atoms with van der Waals surface area (Å²) in [7, 11) is 0. The molecule has 5 nitrogen and oxygen atoms in total. The lowest BCUT2D eigenvalue weighted by Crippen LogP contribution is -2.43. The van der Waals surface area contributed by atoms with Gasteiger partial charge in [0, 0.05) is 12.5 Å². The van der Waals surface area contributed by atoms with E-state index in [0.29, 0.717) is 22.8 Å². The van der Waals surface area contributed by atoms with E-state index in [1.165, 1.54) is 44.9 Å². The zero-order valence-electron chi connectivity index (χ0n) is 18.8. The summed E-state index contributed by atoms with van der Waals surface area (Å²) in [5.41, 5.74) is -0.0959. The van der Waals surface area contributed by atoms with Crippen LogP contribution in [0.5, 0.6) is 0 Å². The summed E-state index contributed by atoms with van der Waals surface area (Å²) in [6.45, 7) is 8.84. The Balaban J connectivity index is 1.76. The molecule has 0 radical (unpaired) electrons. The molecule has 2 atom stereocenters. The lowest BCUT2D eigenvalue weighted by atomic mass is 9.68. The number of hydrogen-bond acceptors (Lipinski definition) is 4. The summed E-state index contributed by atoms with van der Waals surface area (Å²) < 4.78 is 0. The first-order valence-corrected chi connectivity index (χ1v) is 11.6. The number of hydrogen-bond donors (Lipinski definition) is 1. The molecule has 1 aromatic heterocycles. The monoisotopic (exact) mass is 401 g/mol. The normalized spacial score (nSPS) is 25.5. The fourth-order valence-corrected chi connectivity index (χ4v) is 4.91. The molecule has 1 amide bonds. The van der Waals surface area contributed by atoms with Gasteiger partial charge < -0.3 is 5.11 Å². The van der Waals surface area contributed by atoms with E-state index >= 15 is 0 Å². The maximum atomic E-state index is 13.2. The molecule has 1 N–H and O–H groups in total. The highest BCUT2D eigenvalue weighted by atomic mass is 16.3. The predicted molar refractivity (Wildman–Crippen MR) is 117 cm³/mol. The minimum Gasteiger partial charge on any atom is -0.384 e. The number of carbonyl (C=O) groups excluding carboxylic acids is 1. The Kier molecular flexibility index (Phi) is 6.98. The summed E-state index contributed by atoms with van der Waals surface area (Å²) in [4.78, 5) is 24.1. The van der Waals surface area contributed by atoms with Crippen LogP contribution in [0.1, 0.15) is 97.6 Å². The van der Waals surface area contributed by atoms with E-state index in [4.69, 9.17) is 0 Å². The van der Waals surface area contributed by atoms with Crippen molar-refractivity contribution in [1.29, 1.82) is 0 Å². The number of aromatic nitrogens is 2. The Morgan fingerprint density at radius 1 is 1.24 bits per heavy atom. The van der Waals surface area contributed by atoms with Gasteiger partial charge in [-0.05, 0) is 63.7 Å². The van der Waals surface area contributed by atoms with Crippen LogP contribution in [0.3, 0.4) is 0 Å². The average molecular weight is 402 g/mol. The molecule has 2 fully saturated rings. The highest BCUT2D eigenvalue weighted by molar-refractivity contribution is 5.94. The van der Waals surface area contributed by atoms with E-state index in [1.54, 1.807) is 26.2 Å². The van der Waals surface area contributed by atoms with Crippen molar-refractivity contribution in [2.45, 2.75) is 97.5 Å². The lowest BCUT2D eigenvalue weighted by Gasteiger charge is -2.41. The van der Waals surface area contributed by atoms with Crippen molar-refractivity contribution in [3.8, 4) is 0 Å². The van der Waals surface area contributed by atoms with Gasteiger partial charge in [-0.15, -0.1) is 0 Å². The third kappa shape index (κ3) is 5.56. The summed E-state index contributed by atoms with van der Waals surface area (Å²) in [5.74, 6) is 1.50. The zero-order chi connectivity index (χ0) is 21.1. The molecule has 2 saturated carbocycles. The van der Waals surface area contributed by atoms with Gasteiger partial charge in [0.05, 0.1) is 18.1 Å². The SMILES string of the molecule is CCCC[C@@]1(C)CCCC(CN(C(=O)C2CCC2)c2cnc(C(C)(C)O)cn2)C1. The van der Waals surface area contributed by atoms with Gasteiger partial charge in [0.25, 0.3) is 0 Å². The number of rotatable bonds is 8. The molecule has 0 saturated heterocycles. The molecule has 1 heterocycles. The maximum absolute atomic E-state index is 13.2. The Hall–Kier alpha value is -1.49. The van der Waals surface area contributed by atoms with Gasteiger partial charge in [0.15, 0.2) is 5.82 Å². The van der Waals surface area contributed by atoms with Gasteiger partial charge in [0.2, 0.25) is 5.91 Å². The molecule has 0 bridgehead atoms. The Morgan fingerprint density at radius 3 is 2.55 bits per heavy atom. The smallest absolute Gasteiger partial charge is 0.231 e. The number of anilines is 1. The van der Waals surface area contributed by atoms with Gasteiger partial charge in [-0.25, -0.2) is 4.98 Å².